The molecule has 0 unspecified atom stereocenters. The summed E-state index contributed by atoms with van der Waals surface area (Å²) in [4.78, 5) is 5.15. The minimum absolute atomic E-state index is 0.545. The fraction of sp³-hybridized carbons (Fsp3) is 0.103. The number of hydrogen-bond donors (Lipinski definition) is 1. The van der Waals surface area contributed by atoms with Gasteiger partial charge in [-0.15, -0.1) is 10.2 Å². The van der Waals surface area contributed by atoms with Crippen molar-refractivity contribution in [2.24, 2.45) is 0 Å². The van der Waals surface area contributed by atoms with E-state index in [0.717, 1.165) is 44.3 Å². The Morgan fingerprint density at radius 3 is 2.00 bits per heavy atom. The van der Waals surface area contributed by atoms with Crippen LogP contribution in [0.25, 0.3) is 39.2 Å². The van der Waals surface area contributed by atoms with Crippen molar-refractivity contribution in [3.05, 3.63) is 89.9 Å². The molecule has 3 heterocycles. The van der Waals surface area contributed by atoms with Gasteiger partial charge < -0.3 is 14.8 Å². The molecule has 0 saturated heterocycles. The molecule has 0 saturated carbocycles. The SMILES string of the molecule is COc1ccc(-c2c(Nc3nnc(C)s3)nc3c(-c4ccccc4)c(-c4ccccc4)nn3c2OC)cc1. The minimum Gasteiger partial charge on any atom is -0.497 e. The van der Waals surface area contributed by atoms with Gasteiger partial charge in [-0.3, -0.25) is 0 Å². The quantitative estimate of drug-likeness (QED) is 0.252. The highest BCUT2D eigenvalue weighted by Gasteiger charge is 2.26. The monoisotopic (exact) mass is 520 g/mol. The van der Waals surface area contributed by atoms with Crippen molar-refractivity contribution in [2.75, 3.05) is 19.5 Å². The van der Waals surface area contributed by atoms with Crippen LogP contribution in [-0.4, -0.2) is 39.0 Å². The van der Waals surface area contributed by atoms with Gasteiger partial charge in [-0.05, 0) is 30.2 Å². The van der Waals surface area contributed by atoms with Crippen molar-refractivity contribution in [2.45, 2.75) is 6.92 Å². The molecule has 6 rings (SSSR count). The van der Waals surface area contributed by atoms with Gasteiger partial charge in [0.2, 0.25) is 11.0 Å². The second kappa shape index (κ2) is 9.95. The summed E-state index contributed by atoms with van der Waals surface area (Å²) in [5.74, 6) is 1.89. The molecular formula is C29H24N6O2S. The van der Waals surface area contributed by atoms with E-state index < -0.39 is 0 Å². The molecule has 1 N–H and O–H groups in total. The summed E-state index contributed by atoms with van der Waals surface area (Å²) < 4.78 is 13.2. The smallest absolute Gasteiger partial charge is 0.228 e. The summed E-state index contributed by atoms with van der Waals surface area (Å²) in [6.07, 6.45) is 0. The molecule has 0 radical (unpaired) electrons. The van der Waals surface area contributed by atoms with E-state index in [-0.39, 0.29) is 0 Å². The van der Waals surface area contributed by atoms with Crippen LogP contribution in [0.15, 0.2) is 84.9 Å². The summed E-state index contributed by atoms with van der Waals surface area (Å²) in [5, 5.41) is 18.4. The Hall–Kier alpha value is -4.76. The predicted molar refractivity (Wildman–Crippen MR) is 150 cm³/mol. The van der Waals surface area contributed by atoms with E-state index in [1.54, 1.807) is 18.7 Å². The van der Waals surface area contributed by atoms with Gasteiger partial charge in [0, 0.05) is 5.56 Å². The number of aromatic nitrogens is 5. The summed E-state index contributed by atoms with van der Waals surface area (Å²) in [7, 11) is 3.29. The number of nitrogens with one attached hydrogen (secondary N) is 1. The van der Waals surface area contributed by atoms with Gasteiger partial charge in [-0.25, -0.2) is 4.98 Å². The van der Waals surface area contributed by atoms with Crippen LogP contribution in [0.3, 0.4) is 0 Å². The van der Waals surface area contributed by atoms with E-state index in [9.17, 15) is 0 Å². The fourth-order valence-corrected chi connectivity index (χ4v) is 5.03. The Labute approximate surface area is 223 Å². The standard InChI is InChI=1S/C29H24N6O2S/c1-18-32-33-29(38-18)31-26-24(20-14-16-22(36-2)17-15-20)28(37-3)35-27(30-26)23(19-10-6-4-7-11-19)25(34-35)21-12-8-5-9-13-21/h4-17H,1-3H3,(H,30,31,33). The highest BCUT2D eigenvalue weighted by molar-refractivity contribution is 7.15. The van der Waals surface area contributed by atoms with Crippen LogP contribution in [0.5, 0.6) is 11.6 Å². The van der Waals surface area contributed by atoms with Crippen LogP contribution in [0.1, 0.15) is 5.01 Å². The topological polar surface area (TPSA) is 86.5 Å². The number of fused-ring (bicyclic) bond motifs is 1. The number of hydrogen-bond acceptors (Lipinski definition) is 8. The lowest BCUT2D eigenvalue weighted by molar-refractivity contribution is 0.387. The van der Waals surface area contributed by atoms with Gasteiger partial charge in [0.15, 0.2) is 5.65 Å². The van der Waals surface area contributed by atoms with Crippen LogP contribution in [0, 0.1) is 6.92 Å². The second-order valence-corrected chi connectivity index (χ2v) is 9.70. The Morgan fingerprint density at radius 2 is 1.39 bits per heavy atom. The average molecular weight is 521 g/mol. The van der Waals surface area contributed by atoms with Crippen LogP contribution < -0.4 is 14.8 Å². The summed E-state index contributed by atoms with van der Waals surface area (Å²) in [6, 6.07) is 28.0. The zero-order valence-corrected chi connectivity index (χ0v) is 21.9. The number of benzene rings is 3. The number of ether oxygens (including phenoxy) is 2. The van der Waals surface area contributed by atoms with Crippen LogP contribution in [0.4, 0.5) is 10.9 Å². The molecule has 188 valence electrons. The average Bonchev–Trinajstić information content (AvgIpc) is 3.56. The molecule has 6 aromatic rings. The summed E-state index contributed by atoms with van der Waals surface area (Å²) in [5.41, 5.74) is 6.01. The number of rotatable bonds is 7. The minimum atomic E-state index is 0.545. The van der Waals surface area contributed by atoms with Crippen molar-refractivity contribution in [3.8, 4) is 45.1 Å². The van der Waals surface area contributed by atoms with Gasteiger partial charge >= 0.3 is 0 Å². The molecule has 0 atom stereocenters. The van der Waals surface area contributed by atoms with E-state index >= 15 is 0 Å². The van der Waals surface area contributed by atoms with Gasteiger partial charge in [-0.2, -0.15) is 9.61 Å². The van der Waals surface area contributed by atoms with Gasteiger partial charge in [0.1, 0.15) is 22.3 Å². The largest absolute Gasteiger partial charge is 0.497 e. The predicted octanol–water partition coefficient (Wildman–Crippen LogP) is 6.65. The lowest BCUT2D eigenvalue weighted by atomic mass is 10.0. The first kappa shape index (κ1) is 23.6. The maximum atomic E-state index is 6.05. The molecule has 3 aromatic heterocycles. The van der Waals surface area contributed by atoms with E-state index in [1.165, 1.54) is 11.3 Å². The van der Waals surface area contributed by atoms with Crippen LogP contribution in [-0.2, 0) is 0 Å². The lowest BCUT2D eigenvalue weighted by Gasteiger charge is -2.16. The molecular weight excluding hydrogens is 496 g/mol. The van der Waals surface area contributed by atoms with Crippen molar-refractivity contribution in [3.63, 3.8) is 0 Å². The zero-order chi connectivity index (χ0) is 26.1. The molecule has 3 aromatic carbocycles. The second-order valence-electron chi connectivity index (χ2n) is 8.52. The van der Waals surface area contributed by atoms with E-state index in [4.69, 9.17) is 19.6 Å². The highest BCUT2D eigenvalue weighted by Crippen LogP contribution is 2.43. The molecule has 0 aliphatic heterocycles. The van der Waals surface area contributed by atoms with Crippen LogP contribution >= 0.6 is 11.3 Å². The van der Waals surface area contributed by atoms with Crippen LogP contribution in [0.2, 0.25) is 0 Å². The lowest BCUT2D eigenvalue weighted by Crippen LogP contribution is -2.06. The zero-order valence-electron chi connectivity index (χ0n) is 21.0. The third-order valence-corrected chi connectivity index (χ3v) is 6.91. The molecule has 38 heavy (non-hydrogen) atoms. The fourth-order valence-electron chi connectivity index (χ4n) is 4.44. The van der Waals surface area contributed by atoms with Crippen molar-refractivity contribution < 1.29 is 9.47 Å². The van der Waals surface area contributed by atoms with Crippen molar-refractivity contribution in [1.82, 2.24) is 24.8 Å². The first-order valence-electron chi connectivity index (χ1n) is 12.0. The number of aryl methyl sites for hydroxylation is 1. The summed E-state index contributed by atoms with van der Waals surface area (Å²) >= 11 is 1.46. The Balaban J connectivity index is 1.69. The van der Waals surface area contributed by atoms with E-state index in [2.05, 4.69) is 27.6 Å². The number of nitrogens with zero attached hydrogens (tertiary/aromatic N) is 5. The van der Waals surface area contributed by atoms with Crippen molar-refractivity contribution >= 4 is 27.9 Å². The maximum absolute atomic E-state index is 6.05. The maximum Gasteiger partial charge on any atom is 0.228 e. The molecule has 0 amide bonds. The molecule has 0 aliphatic carbocycles. The first-order chi connectivity index (χ1) is 18.7. The highest BCUT2D eigenvalue weighted by atomic mass is 32.1. The Kier molecular flexibility index (Phi) is 6.19. The third kappa shape index (κ3) is 4.22. The van der Waals surface area contributed by atoms with Crippen molar-refractivity contribution in [1.29, 1.82) is 0 Å². The molecule has 0 aliphatic rings. The van der Waals surface area contributed by atoms with E-state index in [1.807, 2.05) is 79.7 Å². The Bertz CT molecular complexity index is 1710. The molecule has 8 nitrogen and oxygen atoms in total. The third-order valence-electron chi connectivity index (χ3n) is 6.15. The Morgan fingerprint density at radius 1 is 0.737 bits per heavy atom. The number of anilines is 2. The first-order valence-corrected chi connectivity index (χ1v) is 12.8. The van der Waals surface area contributed by atoms with Gasteiger partial charge in [-0.1, -0.05) is 84.1 Å². The molecule has 0 spiro atoms. The molecule has 9 heteroatoms. The molecule has 0 fully saturated rings. The van der Waals surface area contributed by atoms with E-state index in [0.29, 0.717) is 22.5 Å². The van der Waals surface area contributed by atoms with Gasteiger partial charge in [0.05, 0.1) is 25.3 Å². The molecule has 0 bridgehead atoms. The summed E-state index contributed by atoms with van der Waals surface area (Å²) in [6.45, 7) is 1.92. The normalized spacial score (nSPS) is 11.0. The van der Waals surface area contributed by atoms with Gasteiger partial charge in [0.25, 0.3) is 0 Å². The number of methoxy groups -OCH3 is 2.